The van der Waals surface area contributed by atoms with E-state index in [1.807, 2.05) is 6.07 Å². The van der Waals surface area contributed by atoms with E-state index in [0.29, 0.717) is 29.1 Å². The molecule has 0 amide bonds. The average molecular weight is 568 g/mol. The number of phenols is 1. The molecule has 4 rings (SSSR count). The van der Waals surface area contributed by atoms with Crippen LogP contribution in [0.25, 0.3) is 22.5 Å². The molecule has 0 bridgehead atoms. The van der Waals surface area contributed by atoms with Crippen LogP contribution in [-0.4, -0.2) is 15.1 Å². The van der Waals surface area contributed by atoms with Crippen LogP contribution in [-0.2, 0) is 27.5 Å². The van der Waals surface area contributed by atoms with Gasteiger partial charge in [-0.3, -0.25) is 18.7 Å². The van der Waals surface area contributed by atoms with Gasteiger partial charge in [-0.2, -0.15) is 0 Å². The topological polar surface area (TPSA) is 46.0 Å². The number of phenolic OH excluding ortho intramolecular Hbond substituents is 1. The van der Waals surface area contributed by atoms with E-state index >= 15 is 0 Å². The maximum atomic E-state index is 14.5. The van der Waals surface area contributed by atoms with Crippen molar-refractivity contribution in [2.75, 3.05) is 0 Å². The Morgan fingerprint density at radius 3 is 2.24 bits per heavy atom. The normalized spacial score (nSPS) is 10.4. The summed E-state index contributed by atoms with van der Waals surface area (Å²) in [6.07, 6.45) is 1.92. The summed E-state index contributed by atoms with van der Waals surface area (Å²) in [6.45, 7) is 0. The Bertz CT molecular complexity index is 1140. The zero-order chi connectivity index (χ0) is 19.5. The summed E-state index contributed by atoms with van der Waals surface area (Å²) in [4.78, 5) is 8.59. The number of aromatic hydroxyl groups is 1. The van der Waals surface area contributed by atoms with Crippen LogP contribution in [0.4, 0.5) is 8.78 Å². The number of halogens is 2. The first-order valence-corrected chi connectivity index (χ1v) is 8.68. The largest absolute Gasteiger partial charge is 0.508 e. The summed E-state index contributed by atoms with van der Waals surface area (Å²) in [6, 6.07) is 20.8. The zero-order valence-electron chi connectivity index (χ0n) is 15.0. The van der Waals surface area contributed by atoms with Gasteiger partial charge in [0.15, 0.2) is 0 Å². The number of hydrogen-bond donors (Lipinski definition) is 1. The first kappa shape index (κ1) is 20.8. The van der Waals surface area contributed by atoms with Crippen LogP contribution in [0.1, 0.15) is 11.3 Å². The van der Waals surface area contributed by atoms with Crippen molar-refractivity contribution in [3.63, 3.8) is 0 Å². The van der Waals surface area contributed by atoms with Crippen LogP contribution >= 0.6 is 0 Å². The van der Waals surface area contributed by atoms with Crippen molar-refractivity contribution in [1.82, 2.24) is 9.97 Å². The Hall–Kier alpha value is -2.91. The fraction of sp³-hybridized carbons (Fsp3) is 0.0435. The predicted octanol–water partition coefficient (Wildman–Crippen LogP) is 5.18. The number of benzene rings is 2. The molecule has 0 saturated carbocycles. The molecule has 2 heterocycles. The Labute approximate surface area is 181 Å². The fourth-order valence-electron chi connectivity index (χ4n) is 2.96. The third-order valence-electron chi connectivity index (χ3n) is 4.33. The van der Waals surface area contributed by atoms with E-state index in [0.717, 1.165) is 6.07 Å². The molecule has 0 saturated heterocycles. The molecule has 0 fully saturated rings. The van der Waals surface area contributed by atoms with E-state index in [2.05, 4.69) is 16.0 Å². The van der Waals surface area contributed by atoms with Gasteiger partial charge in [0.05, 0.1) is 11.6 Å². The predicted molar refractivity (Wildman–Crippen MR) is 103 cm³/mol. The van der Waals surface area contributed by atoms with Crippen molar-refractivity contribution < 1.29 is 35.0 Å². The van der Waals surface area contributed by atoms with Crippen LogP contribution in [0.5, 0.6) is 5.75 Å². The molecule has 0 atom stereocenters. The molecule has 6 heteroatoms. The third-order valence-corrected chi connectivity index (χ3v) is 4.33. The summed E-state index contributed by atoms with van der Waals surface area (Å²) in [5.41, 5.74) is 2.22. The monoisotopic (exact) mass is 568 g/mol. The van der Waals surface area contributed by atoms with Crippen molar-refractivity contribution in [3.05, 3.63) is 102 Å². The van der Waals surface area contributed by atoms with Crippen LogP contribution in [0.15, 0.2) is 72.9 Å². The minimum absolute atomic E-state index is 0. The number of nitrogens with zero attached hydrogens (tertiary/aromatic N) is 2. The first-order chi connectivity index (χ1) is 13.6. The molecule has 0 aliphatic heterocycles. The molecule has 29 heavy (non-hydrogen) atoms. The van der Waals surface area contributed by atoms with Crippen LogP contribution in [0.2, 0.25) is 0 Å². The van der Waals surface area contributed by atoms with Crippen molar-refractivity contribution in [3.8, 4) is 28.3 Å². The Balaban J connectivity index is 0.00000240. The van der Waals surface area contributed by atoms with Crippen LogP contribution in [0.3, 0.4) is 0 Å². The fourth-order valence-corrected chi connectivity index (χ4v) is 2.96. The van der Waals surface area contributed by atoms with E-state index in [9.17, 15) is 13.9 Å². The van der Waals surface area contributed by atoms with Gasteiger partial charge in [-0.1, -0.05) is 59.7 Å². The molecule has 2 aromatic heterocycles. The summed E-state index contributed by atoms with van der Waals surface area (Å²) < 4.78 is 28.8. The van der Waals surface area contributed by atoms with Gasteiger partial charge in [0.25, 0.3) is 0 Å². The van der Waals surface area contributed by atoms with E-state index in [4.69, 9.17) is 0 Å². The van der Waals surface area contributed by atoms with E-state index in [1.165, 1.54) is 6.20 Å². The van der Waals surface area contributed by atoms with Gasteiger partial charge in [-0.15, -0.1) is 6.07 Å². The second-order valence-corrected chi connectivity index (χ2v) is 6.25. The third kappa shape index (κ3) is 4.57. The minimum Gasteiger partial charge on any atom is -0.508 e. The van der Waals surface area contributed by atoms with Gasteiger partial charge in [0.1, 0.15) is 5.75 Å². The molecule has 0 unspecified atom stereocenters. The Morgan fingerprint density at radius 1 is 0.828 bits per heavy atom. The van der Waals surface area contributed by atoms with Crippen LogP contribution in [0, 0.1) is 17.7 Å². The smallest absolute Gasteiger partial charge is 0.119 e. The van der Waals surface area contributed by atoms with Crippen LogP contribution < -0.4 is 0 Å². The summed E-state index contributed by atoms with van der Waals surface area (Å²) in [5.74, 6) is -1.30. The van der Waals surface area contributed by atoms with E-state index < -0.39 is 11.6 Å². The van der Waals surface area contributed by atoms with E-state index in [-0.39, 0.29) is 37.9 Å². The molecule has 2 aromatic carbocycles. The van der Waals surface area contributed by atoms with Gasteiger partial charge >= 0.3 is 0 Å². The maximum absolute atomic E-state index is 14.5. The standard InChI is InChI=1S/C23H15F2N2O.Pt/c24-19-14-20(25)18(13-17(19)21-8-3-4-11-26-21)22-9-5-7-16(27-22)12-15-6-1-2-10-23(15)28;/h1-11,14,28H,12H2;/q-1;. The second-order valence-electron chi connectivity index (χ2n) is 6.25. The first-order valence-electron chi connectivity index (χ1n) is 8.68. The SMILES string of the molecule is Oc1ccccc1Cc1cccc(-c2[c-]c(-c3ccccn3)c(F)cc2F)n1.[Pt]. The van der Waals surface area contributed by atoms with Crippen molar-refractivity contribution in [2.45, 2.75) is 6.42 Å². The molecular weight excluding hydrogens is 553 g/mol. The average Bonchev–Trinajstić information content (AvgIpc) is 2.71. The zero-order valence-corrected chi connectivity index (χ0v) is 17.3. The summed E-state index contributed by atoms with van der Waals surface area (Å²) in [7, 11) is 0. The van der Waals surface area contributed by atoms with Crippen molar-refractivity contribution in [1.29, 1.82) is 0 Å². The number of aromatic nitrogens is 2. The van der Waals surface area contributed by atoms with Gasteiger partial charge < -0.3 is 5.11 Å². The number of rotatable bonds is 4. The maximum Gasteiger partial charge on any atom is 0.119 e. The number of hydrogen-bond acceptors (Lipinski definition) is 3. The Morgan fingerprint density at radius 2 is 1.52 bits per heavy atom. The van der Waals surface area contributed by atoms with Crippen molar-refractivity contribution in [2.24, 2.45) is 0 Å². The van der Waals surface area contributed by atoms with E-state index in [1.54, 1.807) is 54.6 Å². The molecule has 3 nitrogen and oxygen atoms in total. The summed E-state index contributed by atoms with van der Waals surface area (Å²) >= 11 is 0. The molecule has 0 aliphatic rings. The molecule has 4 aromatic rings. The molecular formula is C23H15F2N2OPt-. The Kier molecular flexibility index (Phi) is 6.50. The molecule has 148 valence electrons. The van der Waals surface area contributed by atoms with Gasteiger partial charge in [0, 0.05) is 50.8 Å². The minimum atomic E-state index is -0.746. The molecule has 1 N–H and O–H groups in total. The van der Waals surface area contributed by atoms with Gasteiger partial charge in [-0.05, 0) is 23.8 Å². The molecule has 0 radical (unpaired) electrons. The number of pyridine rings is 2. The van der Waals surface area contributed by atoms with Gasteiger partial charge in [0.2, 0.25) is 0 Å². The number of para-hydroxylation sites is 1. The second kappa shape index (κ2) is 9.06. The molecule has 0 spiro atoms. The quantitative estimate of drug-likeness (QED) is 0.345. The molecule has 0 aliphatic carbocycles. The van der Waals surface area contributed by atoms with Gasteiger partial charge in [-0.25, -0.2) is 0 Å². The summed E-state index contributed by atoms with van der Waals surface area (Å²) in [5, 5.41) is 9.95. The van der Waals surface area contributed by atoms with Crippen molar-refractivity contribution >= 4 is 0 Å².